The topological polar surface area (TPSA) is 77.9 Å². The lowest BCUT2D eigenvalue weighted by Gasteiger charge is -2.34. The van der Waals surface area contributed by atoms with Crippen molar-refractivity contribution in [1.29, 1.82) is 0 Å². The van der Waals surface area contributed by atoms with Crippen molar-refractivity contribution < 1.29 is 19.5 Å². The van der Waals surface area contributed by atoms with Crippen LogP contribution in [0, 0.1) is 0 Å². The number of nitrogens with zero attached hydrogens (tertiary/aromatic N) is 2. The van der Waals surface area contributed by atoms with Crippen LogP contribution in [0.15, 0.2) is 48.5 Å². The number of carboxylic acids is 1. The van der Waals surface area contributed by atoms with E-state index >= 15 is 0 Å². The standard InChI is InChI=1S/C21H20N2O4/c24-19-9-4-10-22(19)17-8-3-7-15(11-17)20(25)23-13-16-6-2-1-5-14(16)12-18(23)21(26)27/h1-3,5-8,11,18H,4,9-10,12-13H2,(H,26,27)/t18-/m1/s1. The minimum Gasteiger partial charge on any atom is -0.480 e. The van der Waals surface area contributed by atoms with Crippen LogP contribution < -0.4 is 4.90 Å². The Morgan fingerprint density at radius 2 is 1.81 bits per heavy atom. The molecule has 1 N–H and O–H groups in total. The number of benzene rings is 2. The SMILES string of the molecule is O=C(O)[C@H]1Cc2ccccc2CN1C(=O)c1cccc(N2CCCC2=O)c1. The second kappa shape index (κ2) is 6.87. The van der Waals surface area contributed by atoms with Crippen LogP contribution in [0.4, 0.5) is 5.69 Å². The number of aliphatic carboxylic acids is 1. The number of amides is 2. The smallest absolute Gasteiger partial charge is 0.326 e. The van der Waals surface area contributed by atoms with E-state index in [2.05, 4.69) is 0 Å². The van der Waals surface area contributed by atoms with Gasteiger partial charge in [-0.1, -0.05) is 30.3 Å². The molecule has 0 unspecified atom stereocenters. The lowest BCUT2D eigenvalue weighted by molar-refractivity contribution is -0.142. The molecule has 0 radical (unpaired) electrons. The molecule has 6 heteroatoms. The quantitative estimate of drug-likeness (QED) is 0.908. The van der Waals surface area contributed by atoms with Gasteiger partial charge in [-0.25, -0.2) is 4.79 Å². The van der Waals surface area contributed by atoms with Crippen LogP contribution in [0.25, 0.3) is 0 Å². The summed E-state index contributed by atoms with van der Waals surface area (Å²) in [5, 5.41) is 9.65. The van der Waals surface area contributed by atoms with Gasteiger partial charge in [-0.3, -0.25) is 9.59 Å². The molecular weight excluding hydrogens is 344 g/mol. The summed E-state index contributed by atoms with van der Waals surface area (Å²) in [5.74, 6) is -1.29. The number of hydrogen-bond acceptors (Lipinski definition) is 3. The monoisotopic (exact) mass is 364 g/mol. The molecule has 138 valence electrons. The largest absolute Gasteiger partial charge is 0.480 e. The molecule has 1 saturated heterocycles. The van der Waals surface area contributed by atoms with Crippen molar-refractivity contribution in [3.63, 3.8) is 0 Å². The second-order valence-electron chi connectivity index (χ2n) is 6.96. The number of carbonyl (C=O) groups excluding carboxylic acids is 2. The van der Waals surface area contributed by atoms with Crippen molar-refractivity contribution in [2.45, 2.75) is 31.8 Å². The minimum absolute atomic E-state index is 0.0508. The molecule has 0 bridgehead atoms. The van der Waals surface area contributed by atoms with E-state index in [1.54, 1.807) is 29.2 Å². The van der Waals surface area contributed by atoms with Crippen molar-refractivity contribution in [1.82, 2.24) is 4.90 Å². The van der Waals surface area contributed by atoms with Crippen molar-refractivity contribution in [2.24, 2.45) is 0 Å². The Kier molecular flexibility index (Phi) is 4.39. The molecule has 0 aromatic heterocycles. The maximum atomic E-state index is 13.1. The van der Waals surface area contributed by atoms with Gasteiger partial charge in [0.25, 0.3) is 5.91 Å². The van der Waals surface area contributed by atoms with Crippen molar-refractivity contribution in [2.75, 3.05) is 11.4 Å². The summed E-state index contributed by atoms with van der Waals surface area (Å²) in [6.07, 6.45) is 1.62. The van der Waals surface area contributed by atoms with Crippen LogP contribution in [0.2, 0.25) is 0 Å². The van der Waals surface area contributed by atoms with Gasteiger partial charge in [-0.2, -0.15) is 0 Å². The Bertz CT molecular complexity index is 924. The molecule has 27 heavy (non-hydrogen) atoms. The fraction of sp³-hybridized carbons (Fsp3) is 0.286. The van der Waals surface area contributed by atoms with Gasteiger partial charge >= 0.3 is 5.97 Å². The van der Waals surface area contributed by atoms with Crippen LogP contribution in [0.1, 0.15) is 34.3 Å². The van der Waals surface area contributed by atoms with E-state index in [1.165, 1.54) is 4.90 Å². The molecule has 4 rings (SSSR count). The molecule has 0 spiro atoms. The fourth-order valence-corrected chi connectivity index (χ4v) is 3.85. The Hall–Kier alpha value is -3.15. The Morgan fingerprint density at radius 1 is 1.04 bits per heavy atom. The maximum Gasteiger partial charge on any atom is 0.326 e. The lowest BCUT2D eigenvalue weighted by Crippen LogP contribution is -2.48. The van der Waals surface area contributed by atoms with Gasteiger partial charge in [0.1, 0.15) is 6.04 Å². The first-order valence-corrected chi connectivity index (χ1v) is 9.05. The average molecular weight is 364 g/mol. The number of anilines is 1. The van der Waals surface area contributed by atoms with Gasteiger partial charge < -0.3 is 14.9 Å². The first kappa shape index (κ1) is 17.3. The molecule has 2 aromatic rings. The molecule has 2 aromatic carbocycles. The molecule has 0 aliphatic carbocycles. The van der Waals surface area contributed by atoms with Gasteiger partial charge in [0.15, 0.2) is 0 Å². The van der Waals surface area contributed by atoms with Gasteiger partial charge in [-0.15, -0.1) is 0 Å². The average Bonchev–Trinajstić information content (AvgIpc) is 3.12. The first-order chi connectivity index (χ1) is 13.0. The van der Waals surface area contributed by atoms with Crippen LogP contribution in [0.5, 0.6) is 0 Å². The molecule has 2 aliphatic heterocycles. The summed E-state index contributed by atoms with van der Waals surface area (Å²) in [7, 11) is 0. The zero-order valence-corrected chi connectivity index (χ0v) is 14.8. The molecule has 2 heterocycles. The lowest BCUT2D eigenvalue weighted by atomic mass is 9.93. The summed E-state index contributed by atoms with van der Waals surface area (Å²) < 4.78 is 0. The van der Waals surface area contributed by atoms with E-state index in [9.17, 15) is 19.5 Å². The highest BCUT2D eigenvalue weighted by molar-refractivity contribution is 6.00. The number of carbonyl (C=O) groups is 3. The first-order valence-electron chi connectivity index (χ1n) is 9.05. The highest BCUT2D eigenvalue weighted by Gasteiger charge is 2.35. The van der Waals surface area contributed by atoms with E-state index in [0.29, 0.717) is 30.6 Å². The molecule has 6 nitrogen and oxygen atoms in total. The molecule has 1 atom stereocenters. The number of rotatable bonds is 3. The number of fused-ring (bicyclic) bond motifs is 1. The Balaban J connectivity index is 1.65. The molecule has 2 aliphatic rings. The van der Waals surface area contributed by atoms with Gasteiger partial charge in [0, 0.05) is 37.2 Å². The molecule has 0 saturated carbocycles. The Morgan fingerprint density at radius 3 is 2.52 bits per heavy atom. The van der Waals surface area contributed by atoms with Gasteiger partial charge in [-0.05, 0) is 35.7 Å². The second-order valence-corrected chi connectivity index (χ2v) is 6.96. The van der Waals surface area contributed by atoms with Gasteiger partial charge in [0.05, 0.1) is 0 Å². The third-order valence-corrected chi connectivity index (χ3v) is 5.27. The summed E-state index contributed by atoms with van der Waals surface area (Å²) in [5.41, 5.74) is 3.02. The van der Waals surface area contributed by atoms with E-state index in [4.69, 9.17) is 0 Å². The van der Waals surface area contributed by atoms with Crippen LogP contribution in [0.3, 0.4) is 0 Å². The zero-order valence-electron chi connectivity index (χ0n) is 14.8. The maximum absolute atomic E-state index is 13.1. The van der Waals surface area contributed by atoms with Crippen molar-refractivity contribution in [3.05, 3.63) is 65.2 Å². The summed E-state index contributed by atoms with van der Waals surface area (Å²) >= 11 is 0. The van der Waals surface area contributed by atoms with E-state index in [0.717, 1.165) is 17.5 Å². The van der Waals surface area contributed by atoms with Crippen molar-refractivity contribution >= 4 is 23.5 Å². The predicted octanol–water partition coefficient (Wildman–Crippen LogP) is 2.47. The minimum atomic E-state index is -1.01. The van der Waals surface area contributed by atoms with E-state index in [-0.39, 0.29) is 18.4 Å². The summed E-state index contributed by atoms with van der Waals surface area (Å²) in [6, 6.07) is 13.6. The fourth-order valence-electron chi connectivity index (χ4n) is 3.85. The van der Waals surface area contributed by atoms with E-state index < -0.39 is 12.0 Å². The number of hydrogen-bond donors (Lipinski definition) is 1. The third kappa shape index (κ3) is 3.18. The highest BCUT2D eigenvalue weighted by atomic mass is 16.4. The van der Waals surface area contributed by atoms with Gasteiger partial charge in [0.2, 0.25) is 5.91 Å². The van der Waals surface area contributed by atoms with E-state index in [1.807, 2.05) is 24.3 Å². The number of carboxylic acid groups (broad SMARTS) is 1. The van der Waals surface area contributed by atoms with Crippen molar-refractivity contribution in [3.8, 4) is 0 Å². The molecule has 1 fully saturated rings. The predicted molar refractivity (Wildman–Crippen MR) is 99.5 cm³/mol. The highest BCUT2D eigenvalue weighted by Crippen LogP contribution is 2.27. The van der Waals surface area contributed by atoms with Crippen LogP contribution in [-0.2, 0) is 22.6 Å². The molecular formula is C21H20N2O4. The molecule has 2 amide bonds. The van der Waals surface area contributed by atoms with Crippen LogP contribution >= 0.6 is 0 Å². The van der Waals surface area contributed by atoms with Crippen LogP contribution in [-0.4, -0.2) is 40.4 Å². The zero-order chi connectivity index (χ0) is 19.0. The summed E-state index contributed by atoms with van der Waals surface area (Å²) in [4.78, 5) is 40.0. The normalized spacial score (nSPS) is 19.1. The third-order valence-electron chi connectivity index (χ3n) is 5.27. The Labute approximate surface area is 157 Å². The summed E-state index contributed by atoms with van der Waals surface area (Å²) in [6.45, 7) is 0.907.